The van der Waals surface area contributed by atoms with Crippen LogP contribution in [0.25, 0.3) is 0 Å². The Hall–Kier alpha value is -2.29. The van der Waals surface area contributed by atoms with Crippen LogP contribution in [0, 0.1) is 6.92 Å². The maximum atomic E-state index is 6.12. The Bertz CT molecular complexity index is 900. The summed E-state index contributed by atoms with van der Waals surface area (Å²) in [6.07, 6.45) is 1.12. The standard InChI is InChI=1S/C26H29ClN2/c1-21-6-5-9-25(20-21)29-18-16-28(17-19-29)15-14-26(22-7-3-2-4-8-22)23-10-12-24(27)13-11-23/h2-13,20,26H,14-19H2,1H3. The molecule has 1 heterocycles. The van der Waals surface area contributed by atoms with Crippen molar-refractivity contribution in [3.05, 3.63) is 101 Å². The van der Waals surface area contributed by atoms with Crippen molar-refractivity contribution >= 4 is 17.3 Å². The zero-order valence-electron chi connectivity index (χ0n) is 17.1. The third-order valence-electron chi connectivity index (χ3n) is 5.95. The fourth-order valence-electron chi connectivity index (χ4n) is 4.27. The number of nitrogens with zero attached hydrogens (tertiary/aromatic N) is 2. The summed E-state index contributed by atoms with van der Waals surface area (Å²) < 4.78 is 0. The van der Waals surface area contributed by atoms with Crippen LogP contribution in [0.3, 0.4) is 0 Å². The molecule has 0 bridgehead atoms. The van der Waals surface area contributed by atoms with Crippen molar-refractivity contribution in [2.45, 2.75) is 19.3 Å². The van der Waals surface area contributed by atoms with Gasteiger partial charge in [-0.05, 0) is 60.8 Å². The van der Waals surface area contributed by atoms with Crippen molar-refractivity contribution in [3.63, 3.8) is 0 Å². The summed E-state index contributed by atoms with van der Waals surface area (Å²) in [6.45, 7) is 7.72. The molecular weight excluding hydrogens is 376 g/mol. The van der Waals surface area contributed by atoms with E-state index in [2.05, 4.69) is 83.5 Å². The maximum absolute atomic E-state index is 6.12. The van der Waals surface area contributed by atoms with Gasteiger partial charge in [0.05, 0.1) is 0 Å². The van der Waals surface area contributed by atoms with Gasteiger partial charge in [-0.1, -0.05) is 66.2 Å². The fourth-order valence-corrected chi connectivity index (χ4v) is 4.40. The van der Waals surface area contributed by atoms with E-state index in [1.165, 1.54) is 22.4 Å². The van der Waals surface area contributed by atoms with Gasteiger partial charge in [-0.2, -0.15) is 0 Å². The normalized spacial score (nSPS) is 16.0. The van der Waals surface area contributed by atoms with Crippen molar-refractivity contribution in [1.82, 2.24) is 4.90 Å². The van der Waals surface area contributed by atoms with Gasteiger partial charge >= 0.3 is 0 Å². The van der Waals surface area contributed by atoms with Crippen LogP contribution >= 0.6 is 11.6 Å². The van der Waals surface area contributed by atoms with Crippen molar-refractivity contribution in [3.8, 4) is 0 Å². The van der Waals surface area contributed by atoms with E-state index >= 15 is 0 Å². The SMILES string of the molecule is Cc1cccc(N2CCN(CCC(c3ccccc3)c3ccc(Cl)cc3)CC2)c1. The second-order valence-corrected chi connectivity index (χ2v) is 8.41. The zero-order valence-corrected chi connectivity index (χ0v) is 17.9. The molecule has 4 rings (SSSR count). The molecule has 150 valence electrons. The highest BCUT2D eigenvalue weighted by molar-refractivity contribution is 6.30. The topological polar surface area (TPSA) is 6.48 Å². The smallest absolute Gasteiger partial charge is 0.0406 e. The molecule has 0 spiro atoms. The first kappa shape index (κ1) is 20.0. The first-order valence-electron chi connectivity index (χ1n) is 10.5. The number of hydrogen-bond acceptors (Lipinski definition) is 2. The summed E-state index contributed by atoms with van der Waals surface area (Å²) in [7, 11) is 0. The molecule has 0 radical (unpaired) electrons. The van der Waals surface area contributed by atoms with Crippen LogP contribution < -0.4 is 4.90 Å². The van der Waals surface area contributed by atoms with E-state index in [0.29, 0.717) is 5.92 Å². The van der Waals surface area contributed by atoms with Crippen LogP contribution in [0.1, 0.15) is 29.0 Å². The Balaban J connectivity index is 1.39. The highest BCUT2D eigenvalue weighted by Crippen LogP contribution is 2.29. The second-order valence-electron chi connectivity index (χ2n) is 7.97. The molecule has 3 aromatic carbocycles. The molecule has 0 amide bonds. The van der Waals surface area contributed by atoms with Gasteiger partial charge in [0.1, 0.15) is 0 Å². The van der Waals surface area contributed by atoms with Crippen molar-refractivity contribution < 1.29 is 0 Å². The molecule has 3 aromatic rings. The molecule has 1 unspecified atom stereocenters. The minimum absolute atomic E-state index is 0.406. The summed E-state index contributed by atoms with van der Waals surface area (Å²) in [5.41, 5.74) is 5.42. The molecule has 1 aliphatic heterocycles. The van der Waals surface area contributed by atoms with Crippen LogP contribution in [-0.4, -0.2) is 37.6 Å². The average molecular weight is 405 g/mol. The van der Waals surface area contributed by atoms with E-state index in [-0.39, 0.29) is 0 Å². The molecule has 2 nitrogen and oxygen atoms in total. The third-order valence-corrected chi connectivity index (χ3v) is 6.20. The summed E-state index contributed by atoms with van der Waals surface area (Å²) in [5.74, 6) is 0.406. The lowest BCUT2D eigenvalue weighted by atomic mass is 9.88. The number of anilines is 1. The lowest BCUT2D eigenvalue weighted by Gasteiger charge is -2.37. The summed E-state index contributed by atoms with van der Waals surface area (Å²) in [4.78, 5) is 5.12. The largest absolute Gasteiger partial charge is 0.369 e. The van der Waals surface area contributed by atoms with Gasteiger partial charge in [0.25, 0.3) is 0 Å². The van der Waals surface area contributed by atoms with E-state index in [4.69, 9.17) is 11.6 Å². The zero-order chi connectivity index (χ0) is 20.1. The van der Waals surface area contributed by atoms with E-state index in [1.54, 1.807) is 0 Å². The molecule has 1 aliphatic rings. The average Bonchev–Trinajstić information content (AvgIpc) is 2.76. The fraction of sp³-hybridized carbons (Fsp3) is 0.308. The molecule has 1 saturated heterocycles. The molecule has 3 heteroatoms. The molecule has 29 heavy (non-hydrogen) atoms. The number of rotatable bonds is 6. The van der Waals surface area contributed by atoms with E-state index < -0.39 is 0 Å². The maximum Gasteiger partial charge on any atom is 0.0406 e. The molecule has 1 atom stereocenters. The van der Waals surface area contributed by atoms with Gasteiger partial charge in [-0.25, -0.2) is 0 Å². The van der Waals surface area contributed by atoms with Crippen LogP contribution in [0.5, 0.6) is 0 Å². The lowest BCUT2D eigenvalue weighted by Crippen LogP contribution is -2.46. The second kappa shape index (κ2) is 9.47. The van der Waals surface area contributed by atoms with Gasteiger partial charge in [-0.15, -0.1) is 0 Å². The first-order chi connectivity index (χ1) is 14.2. The first-order valence-corrected chi connectivity index (χ1v) is 10.9. The third kappa shape index (κ3) is 5.20. The van der Waals surface area contributed by atoms with Crippen LogP contribution in [0.4, 0.5) is 5.69 Å². The Labute approximate surface area is 179 Å². The number of aryl methyl sites for hydroxylation is 1. The Kier molecular flexibility index (Phi) is 6.53. The summed E-state index contributed by atoms with van der Waals surface area (Å²) >= 11 is 6.12. The van der Waals surface area contributed by atoms with E-state index in [1.807, 2.05) is 12.1 Å². The number of piperazine rings is 1. The van der Waals surface area contributed by atoms with Crippen LogP contribution in [0.15, 0.2) is 78.9 Å². The van der Waals surface area contributed by atoms with Crippen LogP contribution in [-0.2, 0) is 0 Å². The minimum atomic E-state index is 0.406. The molecule has 0 saturated carbocycles. The van der Waals surface area contributed by atoms with Gasteiger partial charge in [0.2, 0.25) is 0 Å². The predicted octanol–water partition coefficient (Wildman–Crippen LogP) is 5.99. The minimum Gasteiger partial charge on any atom is -0.369 e. The number of halogens is 1. The predicted molar refractivity (Wildman–Crippen MR) is 124 cm³/mol. The number of benzene rings is 3. The molecule has 0 aromatic heterocycles. The summed E-state index contributed by atoms with van der Waals surface area (Å²) in [5, 5.41) is 0.799. The van der Waals surface area contributed by atoms with Crippen LogP contribution in [0.2, 0.25) is 5.02 Å². The lowest BCUT2D eigenvalue weighted by molar-refractivity contribution is 0.251. The Morgan fingerprint density at radius 1 is 0.793 bits per heavy atom. The summed E-state index contributed by atoms with van der Waals surface area (Å²) in [6, 6.07) is 28.1. The monoisotopic (exact) mass is 404 g/mol. The van der Waals surface area contributed by atoms with E-state index in [0.717, 1.165) is 44.2 Å². The molecule has 1 fully saturated rings. The van der Waals surface area contributed by atoms with Gasteiger partial charge < -0.3 is 4.90 Å². The Morgan fingerprint density at radius 3 is 2.17 bits per heavy atom. The highest BCUT2D eigenvalue weighted by Gasteiger charge is 2.20. The number of hydrogen-bond donors (Lipinski definition) is 0. The van der Waals surface area contributed by atoms with Gasteiger partial charge in [0.15, 0.2) is 0 Å². The van der Waals surface area contributed by atoms with Crippen molar-refractivity contribution in [1.29, 1.82) is 0 Å². The Morgan fingerprint density at radius 2 is 1.48 bits per heavy atom. The van der Waals surface area contributed by atoms with Gasteiger partial charge in [-0.3, -0.25) is 4.90 Å². The van der Waals surface area contributed by atoms with Gasteiger partial charge in [0, 0.05) is 42.8 Å². The van der Waals surface area contributed by atoms with E-state index in [9.17, 15) is 0 Å². The molecule has 0 aliphatic carbocycles. The van der Waals surface area contributed by atoms with Crippen molar-refractivity contribution in [2.75, 3.05) is 37.6 Å². The molecule has 0 N–H and O–H groups in total. The quantitative estimate of drug-likeness (QED) is 0.497. The highest BCUT2D eigenvalue weighted by atomic mass is 35.5. The molecular formula is C26H29ClN2. The van der Waals surface area contributed by atoms with Crippen molar-refractivity contribution in [2.24, 2.45) is 0 Å².